The van der Waals surface area contributed by atoms with Gasteiger partial charge in [0.1, 0.15) is 11.2 Å². The molecular formula is C14H19ClF2N4O5S. The van der Waals surface area contributed by atoms with Crippen LogP contribution in [0.3, 0.4) is 0 Å². The van der Waals surface area contributed by atoms with Gasteiger partial charge in [-0.2, -0.15) is 13.4 Å². The van der Waals surface area contributed by atoms with Crippen LogP contribution in [0, 0.1) is 0 Å². The van der Waals surface area contributed by atoms with E-state index in [1.165, 1.54) is 6.20 Å². The van der Waals surface area contributed by atoms with Gasteiger partial charge in [-0.15, -0.1) is 0 Å². The molecule has 0 saturated carbocycles. The summed E-state index contributed by atoms with van der Waals surface area (Å²) in [6.45, 7) is 2.65. The number of fused-ring (bicyclic) bond motifs is 3. The Morgan fingerprint density at radius 1 is 1.48 bits per heavy atom. The third-order valence-corrected chi connectivity index (χ3v) is 4.03. The SMILES string of the molecule is CC(F)(F)CN1C(=O)[C@]2(C)COCCN2c2nc(Cl)ncc21.CS(=O)(=O)O. The first kappa shape index (κ1) is 21.7. The predicted octanol–water partition coefficient (Wildman–Crippen LogP) is 1.23. The van der Waals surface area contributed by atoms with E-state index in [9.17, 15) is 22.0 Å². The van der Waals surface area contributed by atoms with Gasteiger partial charge in [0.05, 0.1) is 32.2 Å². The van der Waals surface area contributed by atoms with Crippen LogP contribution in [0.15, 0.2) is 6.20 Å². The minimum absolute atomic E-state index is 0.00477. The summed E-state index contributed by atoms with van der Waals surface area (Å²) in [6.07, 6.45) is 2.02. The van der Waals surface area contributed by atoms with Crippen molar-refractivity contribution in [2.45, 2.75) is 25.3 Å². The number of nitrogens with zero attached hydrogens (tertiary/aromatic N) is 4. The molecule has 1 N–H and O–H groups in total. The highest BCUT2D eigenvalue weighted by Crippen LogP contribution is 2.41. The summed E-state index contributed by atoms with van der Waals surface area (Å²) >= 11 is 5.84. The fraction of sp³-hybridized carbons (Fsp3) is 0.643. The Balaban J connectivity index is 0.000000465. The highest BCUT2D eigenvalue weighted by molar-refractivity contribution is 7.85. The van der Waals surface area contributed by atoms with Crippen molar-refractivity contribution >= 4 is 39.1 Å². The number of ether oxygens (including phenoxy) is 1. The van der Waals surface area contributed by atoms with Gasteiger partial charge < -0.3 is 9.64 Å². The lowest BCUT2D eigenvalue weighted by atomic mass is 9.93. The van der Waals surface area contributed by atoms with Crippen molar-refractivity contribution in [3.8, 4) is 0 Å². The van der Waals surface area contributed by atoms with Crippen molar-refractivity contribution in [1.29, 1.82) is 0 Å². The minimum atomic E-state index is -3.67. The average Bonchev–Trinajstić information content (AvgIpc) is 2.49. The molecule has 0 aliphatic carbocycles. The van der Waals surface area contributed by atoms with E-state index in [0.717, 1.165) is 11.8 Å². The van der Waals surface area contributed by atoms with E-state index in [4.69, 9.17) is 20.9 Å². The van der Waals surface area contributed by atoms with Crippen molar-refractivity contribution in [2.75, 3.05) is 42.4 Å². The number of carbonyl (C=O) groups is 1. The Labute approximate surface area is 160 Å². The van der Waals surface area contributed by atoms with Crippen LogP contribution in [0.2, 0.25) is 5.28 Å². The van der Waals surface area contributed by atoms with E-state index >= 15 is 0 Å². The van der Waals surface area contributed by atoms with Crippen molar-refractivity contribution in [1.82, 2.24) is 9.97 Å². The lowest BCUT2D eigenvalue weighted by Crippen LogP contribution is -2.68. The zero-order valence-electron chi connectivity index (χ0n) is 14.8. The van der Waals surface area contributed by atoms with Crippen molar-refractivity contribution < 1.29 is 31.3 Å². The van der Waals surface area contributed by atoms with Gasteiger partial charge in [0.2, 0.25) is 5.28 Å². The lowest BCUT2D eigenvalue weighted by Gasteiger charge is -2.50. The molecule has 0 bridgehead atoms. The fourth-order valence-electron chi connectivity index (χ4n) is 2.84. The van der Waals surface area contributed by atoms with Crippen LogP contribution in [0.1, 0.15) is 13.8 Å². The van der Waals surface area contributed by atoms with E-state index in [1.807, 2.05) is 0 Å². The Morgan fingerprint density at radius 3 is 2.63 bits per heavy atom. The predicted molar refractivity (Wildman–Crippen MR) is 94.1 cm³/mol. The summed E-state index contributed by atoms with van der Waals surface area (Å²) < 4.78 is 58.2. The molecule has 0 aromatic carbocycles. The minimum Gasteiger partial charge on any atom is -0.377 e. The van der Waals surface area contributed by atoms with Gasteiger partial charge in [0.25, 0.3) is 21.9 Å². The maximum absolute atomic E-state index is 13.5. The topological polar surface area (TPSA) is 113 Å². The number of amides is 1. The molecule has 13 heteroatoms. The second-order valence-corrected chi connectivity index (χ2v) is 8.32. The summed E-state index contributed by atoms with van der Waals surface area (Å²) in [5, 5.41) is 0.00477. The van der Waals surface area contributed by atoms with E-state index in [2.05, 4.69) is 9.97 Å². The molecule has 0 unspecified atom stereocenters. The smallest absolute Gasteiger partial charge is 0.263 e. The number of rotatable bonds is 2. The third-order valence-electron chi connectivity index (χ3n) is 3.85. The molecule has 1 fully saturated rings. The first-order chi connectivity index (χ1) is 12.2. The quantitative estimate of drug-likeness (QED) is 0.552. The molecular weight excluding hydrogens is 410 g/mol. The standard InChI is InChI=1S/C13H15ClF2N4O2.CH4O3S/c1-12-7-22-4-3-20(12)9-8(5-17-11(14)18-9)19(10(12)21)6-13(2,15)16;1-5(2,3)4/h5H,3-4,6-7H2,1-2H3;1H3,(H,2,3,4)/t12-;/m0./s1. The zero-order chi connectivity index (χ0) is 20.6. The summed E-state index contributed by atoms with van der Waals surface area (Å²) in [5.41, 5.74) is -0.830. The van der Waals surface area contributed by atoms with Crippen LogP contribution in [0.5, 0.6) is 0 Å². The molecule has 1 amide bonds. The number of alkyl halides is 2. The van der Waals surface area contributed by atoms with Crippen LogP contribution < -0.4 is 9.80 Å². The maximum atomic E-state index is 13.5. The maximum Gasteiger partial charge on any atom is 0.263 e. The monoisotopic (exact) mass is 428 g/mol. The van der Waals surface area contributed by atoms with Crippen LogP contribution >= 0.6 is 11.6 Å². The molecule has 2 aliphatic rings. The highest BCUT2D eigenvalue weighted by atomic mass is 35.5. The summed E-state index contributed by atoms with van der Waals surface area (Å²) in [7, 11) is -3.67. The first-order valence-electron chi connectivity index (χ1n) is 7.72. The van der Waals surface area contributed by atoms with Gasteiger partial charge >= 0.3 is 0 Å². The molecule has 3 rings (SSSR count). The van der Waals surface area contributed by atoms with Crippen molar-refractivity contribution in [3.05, 3.63) is 11.5 Å². The number of aromatic nitrogens is 2. The molecule has 0 spiro atoms. The van der Waals surface area contributed by atoms with Gasteiger partial charge in [0, 0.05) is 13.5 Å². The number of hydrogen-bond acceptors (Lipinski definition) is 7. The Kier molecular flexibility index (Phi) is 5.95. The molecule has 0 radical (unpaired) electrons. The van der Waals surface area contributed by atoms with Crippen LogP contribution in [-0.4, -0.2) is 72.9 Å². The Morgan fingerprint density at radius 2 is 2.07 bits per heavy atom. The Bertz CT molecular complexity index is 827. The number of anilines is 2. The second kappa shape index (κ2) is 7.41. The van der Waals surface area contributed by atoms with Gasteiger partial charge in [-0.1, -0.05) is 0 Å². The normalized spacial score (nSPS) is 22.6. The van der Waals surface area contributed by atoms with E-state index in [0.29, 0.717) is 25.2 Å². The van der Waals surface area contributed by atoms with Crippen LogP contribution in [0.4, 0.5) is 20.3 Å². The van der Waals surface area contributed by atoms with Crippen LogP contribution in [0.25, 0.3) is 0 Å². The zero-order valence-corrected chi connectivity index (χ0v) is 16.4. The fourth-order valence-corrected chi connectivity index (χ4v) is 2.97. The molecule has 1 saturated heterocycles. The number of carbonyl (C=O) groups excluding carboxylic acids is 1. The summed E-state index contributed by atoms with van der Waals surface area (Å²) in [4.78, 5) is 23.5. The first-order valence-corrected chi connectivity index (χ1v) is 9.95. The average molecular weight is 429 g/mol. The second-order valence-electron chi connectivity index (χ2n) is 6.52. The van der Waals surface area contributed by atoms with Crippen molar-refractivity contribution in [2.24, 2.45) is 0 Å². The molecule has 2 aliphatic heterocycles. The van der Waals surface area contributed by atoms with E-state index < -0.39 is 34.0 Å². The summed E-state index contributed by atoms with van der Waals surface area (Å²) in [5.74, 6) is -3.11. The Hall–Kier alpha value is -1.63. The van der Waals surface area contributed by atoms with Gasteiger partial charge in [-0.05, 0) is 18.5 Å². The number of halogens is 3. The van der Waals surface area contributed by atoms with Crippen molar-refractivity contribution in [3.63, 3.8) is 0 Å². The molecule has 1 aromatic heterocycles. The largest absolute Gasteiger partial charge is 0.377 e. The molecule has 27 heavy (non-hydrogen) atoms. The highest BCUT2D eigenvalue weighted by Gasteiger charge is 2.52. The molecule has 152 valence electrons. The number of hydrogen-bond donors (Lipinski definition) is 1. The van der Waals surface area contributed by atoms with E-state index in [1.54, 1.807) is 11.8 Å². The molecule has 1 aromatic rings. The number of morpholine rings is 1. The van der Waals surface area contributed by atoms with Gasteiger partial charge in [-0.25, -0.2) is 13.8 Å². The van der Waals surface area contributed by atoms with Gasteiger partial charge in [-0.3, -0.25) is 14.2 Å². The lowest BCUT2D eigenvalue weighted by molar-refractivity contribution is -0.128. The molecule has 1 atom stereocenters. The van der Waals surface area contributed by atoms with E-state index in [-0.39, 0.29) is 17.6 Å². The summed E-state index contributed by atoms with van der Waals surface area (Å²) in [6, 6.07) is 0. The van der Waals surface area contributed by atoms with Crippen LogP contribution in [-0.2, 0) is 19.6 Å². The third kappa shape index (κ3) is 5.21. The molecule has 3 heterocycles. The van der Waals surface area contributed by atoms with Gasteiger partial charge in [0.15, 0.2) is 5.82 Å². The molecule has 9 nitrogen and oxygen atoms in total.